The smallest absolute Gasteiger partial charge is 0.303 e. The van der Waals surface area contributed by atoms with E-state index in [1.54, 1.807) is 11.4 Å². The highest BCUT2D eigenvalue weighted by Crippen LogP contribution is 2.44. The predicted molar refractivity (Wildman–Crippen MR) is 95.3 cm³/mol. The van der Waals surface area contributed by atoms with Crippen LogP contribution in [0.5, 0.6) is 0 Å². The summed E-state index contributed by atoms with van der Waals surface area (Å²) in [6.07, 6.45) is 2.69. The van der Waals surface area contributed by atoms with Gasteiger partial charge in [0.05, 0.1) is 16.6 Å². The normalized spacial score (nSPS) is 28.1. The summed E-state index contributed by atoms with van der Waals surface area (Å²) in [6, 6.07) is 1.56. The SMILES string of the molecule is O=[N+]([O-])c1ccsc1N1CCC2(CC1)CC(CN1CCC(F)(F)CC1)O2. The Kier molecular flexibility index (Phi) is 4.65. The second-order valence-corrected chi connectivity index (χ2v) is 8.53. The molecule has 6 nitrogen and oxygen atoms in total. The maximum atomic E-state index is 13.2. The van der Waals surface area contributed by atoms with Gasteiger partial charge < -0.3 is 14.5 Å². The van der Waals surface area contributed by atoms with Gasteiger partial charge in [0, 0.05) is 58.1 Å². The Balaban J connectivity index is 1.25. The summed E-state index contributed by atoms with van der Waals surface area (Å²) >= 11 is 1.41. The fourth-order valence-corrected chi connectivity index (χ4v) is 5.24. The number of thiophene rings is 1. The number of ether oxygens (including phenoxy) is 1. The molecule has 0 aromatic carbocycles. The number of hydrogen-bond donors (Lipinski definition) is 0. The number of anilines is 1. The molecule has 144 valence electrons. The van der Waals surface area contributed by atoms with E-state index in [9.17, 15) is 18.9 Å². The minimum absolute atomic E-state index is 0.0561. The Morgan fingerprint density at radius 3 is 2.50 bits per heavy atom. The van der Waals surface area contributed by atoms with Gasteiger partial charge in [-0.2, -0.15) is 0 Å². The van der Waals surface area contributed by atoms with Gasteiger partial charge in [0.2, 0.25) is 0 Å². The van der Waals surface area contributed by atoms with Gasteiger partial charge in [-0.15, -0.1) is 11.3 Å². The van der Waals surface area contributed by atoms with E-state index in [1.165, 1.54) is 11.3 Å². The molecule has 1 aromatic heterocycles. The van der Waals surface area contributed by atoms with E-state index in [2.05, 4.69) is 9.80 Å². The lowest BCUT2D eigenvalue weighted by atomic mass is 9.80. The van der Waals surface area contributed by atoms with Crippen LogP contribution in [0.2, 0.25) is 0 Å². The lowest BCUT2D eigenvalue weighted by Gasteiger charge is -2.53. The zero-order valence-electron chi connectivity index (χ0n) is 14.5. The molecule has 3 aliphatic heterocycles. The highest BCUT2D eigenvalue weighted by Gasteiger charge is 2.48. The van der Waals surface area contributed by atoms with Gasteiger partial charge in [-0.1, -0.05) is 0 Å². The van der Waals surface area contributed by atoms with Crippen molar-refractivity contribution in [1.29, 1.82) is 0 Å². The van der Waals surface area contributed by atoms with Crippen molar-refractivity contribution in [3.63, 3.8) is 0 Å². The summed E-state index contributed by atoms with van der Waals surface area (Å²) in [4.78, 5) is 14.9. The summed E-state index contributed by atoms with van der Waals surface area (Å²) in [5, 5.41) is 13.6. The number of halogens is 2. The minimum atomic E-state index is -2.50. The molecular formula is C17H23F2N3O3S. The fraction of sp³-hybridized carbons (Fsp3) is 0.765. The monoisotopic (exact) mass is 387 g/mol. The van der Waals surface area contributed by atoms with E-state index in [-0.39, 0.29) is 35.2 Å². The number of piperidine rings is 2. The molecule has 3 aliphatic rings. The zero-order valence-corrected chi connectivity index (χ0v) is 15.4. The van der Waals surface area contributed by atoms with Crippen molar-refractivity contribution in [3.05, 3.63) is 21.6 Å². The number of rotatable bonds is 4. The number of alkyl halides is 2. The molecule has 26 heavy (non-hydrogen) atoms. The second-order valence-electron chi connectivity index (χ2n) is 7.64. The standard InChI is InChI=1S/C17H23F2N3O3S/c18-17(19)4-6-20(7-5-17)12-13-11-16(25-13)2-8-21(9-3-16)15-14(22(23)24)1-10-26-15/h1,10,13H,2-9,11-12H2. The Bertz CT molecular complexity index is 658. The highest BCUT2D eigenvalue weighted by atomic mass is 32.1. The third-order valence-corrected chi connectivity index (χ3v) is 6.81. The van der Waals surface area contributed by atoms with Crippen molar-refractivity contribution in [2.45, 2.75) is 49.7 Å². The van der Waals surface area contributed by atoms with Crippen molar-refractivity contribution < 1.29 is 18.4 Å². The molecule has 9 heteroatoms. The number of likely N-dealkylation sites (tertiary alicyclic amines) is 1. The molecule has 1 unspecified atom stereocenters. The third kappa shape index (κ3) is 3.57. The van der Waals surface area contributed by atoms with Crippen LogP contribution in [0.1, 0.15) is 32.1 Å². The highest BCUT2D eigenvalue weighted by molar-refractivity contribution is 7.14. The minimum Gasteiger partial charge on any atom is -0.370 e. The van der Waals surface area contributed by atoms with Crippen LogP contribution >= 0.6 is 11.3 Å². The first kappa shape index (κ1) is 18.1. The Morgan fingerprint density at radius 1 is 1.23 bits per heavy atom. The molecule has 3 saturated heterocycles. The molecule has 0 aliphatic carbocycles. The zero-order chi connectivity index (χ0) is 18.4. The van der Waals surface area contributed by atoms with Crippen molar-refractivity contribution >= 4 is 22.0 Å². The van der Waals surface area contributed by atoms with Gasteiger partial charge >= 0.3 is 5.69 Å². The summed E-state index contributed by atoms with van der Waals surface area (Å²) in [7, 11) is 0. The van der Waals surface area contributed by atoms with Crippen LogP contribution in [0.3, 0.4) is 0 Å². The number of nitro groups is 1. The van der Waals surface area contributed by atoms with Crippen LogP contribution < -0.4 is 4.90 Å². The molecule has 0 N–H and O–H groups in total. The van der Waals surface area contributed by atoms with Gasteiger partial charge in [-0.3, -0.25) is 10.1 Å². The molecule has 1 spiro atoms. The molecule has 3 fully saturated rings. The van der Waals surface area contributed by atoms with Crippen LogP contribution in [0.15, 0.2) is 11.4 Å². The summed E-state index contributed by atoms with van der Waals surface area (Å²) in [6.45, 7) is 3.12. The first-order valence-corrected chi connectivity index (χ1v) is 9.99. The van der Waals surface area contributed by atoms with Gasteiger partial charge in [-0.25, -0.2) is 8.78 Å². The van der Waals surface area contributed by atoms with Crippen LogP contribution in [-0.4, -0.2) is 60.2 Å². The van der Waals surface area contributed by atoms with Crippen LogP contribution in [0, 0.1) is 10.1 Å². The second kappa shape index (κ2) is 6.69. The van der Waals surface area contributed by atoms with Crippen LogP contribution in [-0.2, 0) is 4.74 Å². The lowest BCUT2D eigenvalue weighted by molar-refractivity contribution is -0.383. The quantitative estimate of drug-likeness (QED) is 0.584. The predicted octanol–water partition coefficient (Wildman–Crippen LogP) is 3.52. The van der Waals surface area contributed by atoms with E-state index < -0.39 is 5.92 Å². The van der Waals surface area contributed by atoms with Crippen molar-refractivity contribution in [2.24, 2.45) is 0 Å². The number of nitrogens with zero attached hydrogens (tertiary/aromatic N) is 3. The average Bonchev–Trinajstić information content (AvgIpc) is 3.06. The molecule has 4 heterocycles. The third-order valence-electron chi connectivity index (χ3n) is 5.85. The van der Waals surface area contributed by atoms with E-state index in [1.807, 2.05) is 0 Å². The summed E-state index contributed by atoms with van der Waals surface area (Å²) in [5.41, 5.74) is 0.0627. The average molecular weight is 387 g/mol. The Labute approximate surface area is 154 Å². The van der Waals surface area contributed by atoms with Gasteiger partial charge in [-0.05, 0) is 18.2 Å². The molecule has 0 bridgehead atoms. The lowest BCUT2D eigenvalue weighted by Crippen LogP contribution is -2.59. The van der Waals surface area contributed by atoms with E-state index in [0.29, 0.717) is 13.1 Å². The van der Waals surface area contributed by atoms with Crippen LogP contribution in [0.25, 0.3) is 0 Å². The van der Waals surface area contributed by atoms with Crippen molar-refractivity contribution in [2.75, 3.05) is 37.6 Å². The maximum absolute atomic E-state index is 13.2. The topological polar surface area (TPSA) is 58.9 Å². The maximum Gasteiger partial charge on any atom is 0.303 e. The molecule has 4 rings (SSSR count). The molecular weight excluding hydrogens is 364 g/mol. The molecule has 0 amide bonds. The summed E-state index contributed by atoms with van der Waals surface area (Å²) < 4.78 is 32.6. The Morgan fingerprint density at radius 2 is 1.88 bits per heavy atom. The number of hydrogen-bond acceptors (Lipinski definition) is 6. The van der Waals surface area contributed by atoms with E-state index >= 15 is 0 Å². The summed E-state index contributed by atoms with van der Waals surface area (Å²) in [5.74, 6) is -2.50. The largest absolute Gasteiger partial charge is 0.370 e. The van der Waals surface area contributed by atoms with Crippen LogP contribution in [0.4, 0.5) is 19.5 Å². The first-order chi connectivity index (χ1) is 12.4. The van der Waals surface area contributed by atoms with E-state index in [4.69, 9.17) is 4.74 Å². The van der Waals surface area contributed by atoms with Gasteiger partial charge in [0.15, 0.2) is 5.00 Å². The van der Waals surface area contributed by atoms with Crippen molar-refractivity contribution in [1.82, 2.24) is 4.90 Å². The van der Waals surface area contributed by atoms with Gasteiger partial charge in [0.1, 0.15) is 0 Å². The first-order valence-electron chi connectivity index (χ1n) is 9.11. The fourth-order valence-electron chi connectivity index (χ4n) is 4.32. The Hall–Kier alpha value is -1.32. The molecule has 1 atom stereocenters. The van der Waals surface area contributed by atoms with Gasteiger partial charge in [0.25, 0.3) is 5.92 Å². The molecule has 0 saturated carbocycles. The molecule has 1 aromatic rings. The molecule has 0 radical (unpaired) electrons. The van der Waals surface area contributed by atoms with E-state index in [0.717, 1.165) is 43.9 Å². The van der Waals surface area contributed by atoms with Crippen molar-refractivity contribution in [3.8, 4) is 0 Å².